The molecule has 2 N–H and O–H groups in total. The second kappa shape index (κ2) is 3.40. The van der Waals surface area contributed by atoms with Crippen LogP contribution in [0.1, 0.15) is 10.8 Å². The Morgan fingerprint density at radius 1 is 1.54 bits per heavy atom. The highest BCUT2D eigenvalue weighted by atomic mass is 32.1. The quantitative estimate of drug-likeness (QED) is 0.716. The van der Waals surface area contributed by atoms with E-state index in [1.165, 1.54) is 6.39 Å². The van der Waals surface area contributed by atoms with Gasteiger partial charge in [0.15, 0.2) is 12.0 Å². The number of hydrogen-bond donors (Lipinski definition) is 2. The molecule has 1 aromatic heterocycles. The van der Waals surface area contributed by atoms with Crippen LogP contribution in [0.2, 0.25) is 0 Å². The van der Waals surface area contributed by atoms with Gasteiger partial charge in [-0.05, 0) is 17.7 Å². The van der Waals surface area contributed by atoms with E-state index in [-0.39, 0.29) is 5.25 Å². The number of oxazole rings is 1. The zero-order valence-corrected chi connectivity index (χ0v) is 7.87. The van der Waals surface area contributed by atoms with Gasteiger partial charge in [0.1, 0.15) is 5.52 Å². The van der Waals surface area contributed by atoms with Crippen molar-refractivity contribution in [1.29, 1.82) is 0 Å². The minimum atomic E-state index is 0.0644. The third-order valence-corrected chi connectivity index (χ3v) is 2.47. The molecule has 0 radical (unpaired) electrons. The van der Waals surface area contributed by atoms with Gasteiger partial charge >= 0.3 is 0 Å². The predicted octanol–water partition coefficient (Wildman–Crippen LogP) is 1.76. The van der Waals surface area contributed by atoms with Crippen LogP contribution in [0.15, 0.2) is 29.0 Å². The first kappa shape index (κ1) is 8.59. The van der Waals surface area contributed by atoms with Crippen molar-refractivity contribution < 1.29 is 4.42 Å². The minimum Gasteiger partial charge on any atom is -0.443 e. The summed E-state index contributed by atoms with van der Waals surface area (Å²) in [7, 11) is 0. The Morgan fingerprint density at radius 3 is 3.15 bits per heavy atom. The molecular formula is C9H10N2OS. The fourth-order valence-electron chi connectivity index (χ4n) is 1.22. The van der Waals surface area contributed by atoms with Crippen LogP contribution in [0.25, 0.3) is 11.1 Å². The molecule has 0 saturated heterocycles. The normalized spacial score (nSPS) is 13.4. The molecule has 3 nitrogen and oxygen atoms in total. The zero-order chi connectivity index (χ0) is 9.26. The van der Waals surface area contributed by atoms with Gasteiger partial charge < -0.3 is 10.2 Å². The molecule has 0 saturated carbocycles. The summed E-state index contributed by atoms with van der Waals surface area (Å²) in [6.07, 6.45) is 1.43. The van der Waals surface area contributed by atoms with Crippen LogP contribution >= 0.6 is 12.6 Å². The first-order valence-corrected chi connectivity index (χ1v) is 4.54. The zero-order valence-electron chi connectivity index (χ0n) is 6.97. The smallest absolute Gasteiger partial charge is 0.181 e. The highest BCUT2D eigenvalue weighted by Crippen LogP contribution is 2.22. The van der Waals surface area contributed by atoms with Crippen molar-refractivity contribution in [3.63, 3.8) is 0 Å². The monoisotopic (exact) mass is 194 g/mol. The summed E-state index contributed by atoms with van der Waals surface area (Å²) in [6.45, 7) is 0.517. The Kier molecular flexibility index (Phi) is 2.24. The van der Waals surface area contributed by atoms with Gasteiger partial charge in [0.2, 0.25) is 0 Å². The van der Waals surface area contributed by atoms with Gasteiger partial charge in [0.05, 0.1) is 0 Å². The van der Waals surface area contributed by atoms with Gasteiger partial charge in [-0.1, -0.05) is 6.07 Å². The lowest BCUT2D eigenvalue weighted by Gasteiger charge is -2.06. The van der Waals surface area contributed by atoms with Crippen molar-refractivity contribution in [1.82, 2.24) is 4.98 Å². The van der Waals surface area contributed by atoms with Crippen LogP contribution in [0.3, 0.4) is 0 Å². The molecule has 1 heterocycles. The molecule has 68 valence electrons. The van der Waals surface area contributed by atoms with Crippen molar-refractivity contribution in [3.05, 3.63) is 30.2 Å². The first-order chi connectivity index (χ1) is 6.31. The van der Waals surface area contributed by atoms with Gasteiger partial charge in [-0.2, -0.15) is 12.6 Å². The Bertz CT molecular complexity index is 413. The van der Waals surface area contributed by atoms with Crippen molar-refractivity contribution in [3.8, 4) is 0 Å². The number of aromatic nitrogens is 1. The number of hydrogen-bond acceptors (Lipinski definition) is 4. The molecule has 2 aromatic rings. The first-order valence-electron chi connectivity index (χ1n) is 4.02. The van der Waals surface area contributed by atoms with E-state index in [0.29, 0.717) is 6.54 Å². The molecule has 4 heteroatoms. The predicted molar refractivity (Wildman–Crippen MR) is 54.8 cm³/mol. The number of fused-ring (bicyclic) bond motifs is 1. The highest BCUT2D eigenvalue weighted by molar-refractivity contribution is 7.80. The average Bonchev–Trinajstić information content (AvgIpc) is 2.63. The molecule has 1 unspecified atom stereocenters. The van der Waals surface area contributed by atoms with E-state index in [9.17, 15) is 0 Å². The van der Waals surface area contributed by atoms with E-state index < -0.39 is 0 Å². The van der Waals surface area contributed by atoms with Crippen LogP contribution in [0.4, 0.5) is 0 Å². The van der Waals surface area contributed by atoms with Gasteiger partial charge in [-0.25, -0.2) is 4.98 Å². The van der Waals surface area contributed by atoms with E-state index in [1.54, 1.807) is 0 Å². The molecule has 13 heavy (non-hydrogen) atoms. The molecule has 0 spiro atoms. The van der Waals surface area contributed by atoms with Gasteiger partial charge in [0.25, 0.3) is 0 Å². The molecule has 0 fully saturated rings. The average molecular weight is 194 g/mol. The molecule has 1 aromatic carbocycles. The van der Waals surface area contributed by atoms with Crippen molar-refractivity contribution in [2.45, 2.75) is 5.25 Å². The van der Waals surface area contributed by atoms with E-state index in [4.69, 9.17) is 10.2 Å². The number of thiol groups is 1. The van der Waals surface area contributed by atoms with Crippen LogP contribution in [0.5, 0.6) is 0 Å². The Hall–Kier alpha value is -1.00. The maximum atomic E-state index is 5.50. The van der Waals surface area contributed by atoms with Crippen molar-refractivity contribution in [2.24, 2.45) is 5.73 Å². The minimum absolute atomic E-state index is 0.0644. The Balaban J connectivity index is 2.48. The molecule has 0 aliphatic heterocycles. The van der Waals surface area contributed by atoms with E-state index in [1.807, 2.05) is 18.2 Å². The summed E-state index contributed by atoms with van der Waals surface area (Å²) < 4.78 is 5.17. The molecule has 1 atom stereocenters. The topological polar surface area (TPSA) is 52.0 Å². The lowest BCUT2D eigenvalue weighted by atomic mass is 10.1. The highest BCUT2D eigenvalue weighted by Gasteiger charge is 2.06. The second-order valence-electron chi connectivity index (χ2n) is 2.83. The van der Waals surface area contributed by atoms with Gasteiger partial charge in [-0.15, -0.1) is 0 Å². The molecule has 0 aliphatic carbocycles. The summed E-state index contributed by atoms with van der Waals surface area (Å²) in [4.78, 5) is 4.02. The van der Waals surface area contributed by atoms with E-state index in [0.717, 1.165) is 16.7 Å². The number of nitrogens with zero attached hydrogens (tertiary/aromatic N) is 1. The van der Waals surface area contributed by atoms with Gasteiger partial charge in [-0.3, -0.25) is 0 Å². The summed E-state index contributed by atoms with van der Waals surface area (Å²) in [5.41, 5.74) is 8.21. The lowest BCUT2D eigenvalue weighted by Crippen LogP contribution is -2.06. The largest absolute Gasteiger partial charge is 0.443 e. The van der Waals surface area contributed by atoms with Gasteiger partial charge in [0, 0.05) is 11.8 Å². The van der Waals surface area contributed by atoms with Crippen LogP contribution in [-0.4, -0.2) is 11.5 Å². The molecule has 2 rings (SSSR count). The molecule has 0 amide bonds. The van der Waals surface area contributed by atoms with E-state index in [2.05, 4.69) is 17.6 Å². The summed E-state index contributed by atoms with van der Waals surface area (Å²) in [5, 5.41) is 0.0644. The standard InChI is InChI=1S/C9H10N2OS/c10-4-9(13)6-1-2-7-8(3-6)12-5-11-7/h1-3,5,9,13H,4,10H2. The number of rotatable bonds is 2. The van der Waals surface area contributed by atoms with Crippen molar-refractivity contribution >= 4 is 23.7 Å². The number of benzene rings is 1. The molecule has 0 aliphatic rings. The third-order valence-electron chi connectivity index (χ3n) is 1.96. The summed E-state index contributed by atoms with van der Waals surface area (Å²) in [5.74, 6) is 0. The number of nitrogens with two attached hydrogens (primary N) is 1. The Morgan fingerprint density at radius 2 is 2.38 bits per heavy atom. The third kappa shape index (κ3) is 1.55. The lowest BCUT2D eigenvalue weighted by molar-refractivity contribution is 0.601. The summed E-state index contributed by atoms with van der Waals surface area (Å²) >= 11 is 4.34. The van der Waals surface area contributed by atoms with Crippen LogP contribution in [-0.2, 0) is 0 Å². The molecular weight excluding hydrogens is 184 g/mol. The maximum Gasteiger partial charge on any atom is 0.181 e. The second-order valence-corrected chi connectivity index (χ2v) is 3.45. The fourth-order valence-corrected chi connectivity index (χ4v) is 1.38. The van der Waals surface area contributed by atoms with Crippen LogP contribution < -0.4 is 5.73 Å². The van der Waals surface area contributed by atoms with Crippen LogP contribution in [0, 0.1) is 0 Å². The maximum absolute atomic E-state index is 5.50. The van der Waals surface area contributed by atoms with E-state index >= 15 is 0 Å². The molecule has 0 bridgehead atoms. The van der Waals surface area contributed by atoms with Crippen molar-refractivity contribution in [2.75, 3.05) is 6.54 Å². The Labute approximate surface area is 81.4 Å². The fraction of sp³-hybridized carbons (Fsp3) is 0.222. The SMILES string of the molecule is NCC(S)c1ccc2ncoc2c1. The summed E-state index contributed by atoms with van der Waals surface area (Å²) in [6, 6.07) is 5.80.